The third-order valence-corrected chi connectivity index (χ3v) is 2.17. The first-order valence-corrected chi connectivity index (χ1v) is 4.68. The molecule has 5 nitrogen and oxygen atoms in total. The Morgan fingerprint density at radius 2 is 2.43 bits per heavy atom. The summed E-state index contributed by atoms with van der Waals surface area (Å²) in [6, 6.07) is 2.08. The standard InChI is InChI=1S/C9H14N4O/c1-6-4-7(13-9(10)12-6)8-5-14-3-2-11-8/h4,8,11H,2-3,5H2,1H3,(H2,10,12,13). The van der Waals surface area contributed by atoms with Gasteiger partial charge in [0.2, 0.25) is 5.95 Å². The van der Waals surface area contributed by atoms with Gasteiger partial charge in [-0.3, -0.25) is 0 Å². The fourth-order valence-corrected chi connectivity index (χ4v) is 1.55. The van der Waals surface area contributed by atoms with E-state index >= 15 is 0 Å². The zero-order valence-corrected chi connectivity index (χ0v) is 8.16. The van der Waals surface area contributed by atoms with Crippen LogP contribution >= 0.6 is 0 Å². The van der Waals surface area contributed by atoms with Crippen molar-refractivity contribution >= 4 is 5.95 Å². The first-order valence-electron chi connectivity index (χ1n) is 4.68. The lowest BCUT2D eigenvalue weighted by Crippen LogP contribution is -2.35. The molecule has 1 fully saturated rings. The minimum absolute atomic E-state index is 0.146. The van der Waals surface area contributed by atoms with Crippen LogP contribution in [0, 0.1) is 6.92 Å². The lowest BCUT2D eigenvalue weighted by molar-refractivity contribution is 0.0756. The first kappa shape index (κ1) is 9.36. The molecule has 1 saturated heterocycles. The van der Waals surface area contributed by atoms with E-state index in [-0.39, 0.29) is 6.04 Å². The molecule has 3 N–H and O–H groups in total. The second-order valence-corrected chi connectivity index (χ2v) is 3.37. The van der Waals surface area contributed by atoms with Crippen molar-refractivity contribution in [1.29, 1.82) is 0 Å². The predicted octanol–water partition coefficient (Wildman–Crippen LogP) is 0.0281. The summed E-state index contributed by atoms with van der Waals surface area (Å²) in [7, 11) is 0. The normalized spacial score (nSPS) is 22.2. The van der Waals surface area contributed by atoms with Gasteiger partial charge in [-0.1, -0.05) is 0 Å². The zero-order chi connectivity index (χ0) is 9.97. The van der Waals surface area contributed by atoms with Gasteiger partial charge in [-0.2, -0.15) is 0 Å². The van der Waals surface area contributed by atoms with E-state index in [4.69, 9.17) is 10.5 Å². The average Bonchev–Trinajstić information content (AvgIpc) is 2.18. The molecule has 0 radical (unpaired) electrons. The highest BCUT2D eigenvalue weighted by Crippen LogP contribution is 2.14. The molecule has 2 rings (SSSR count). The fraction of sp³-hybridized carbons (Fsp3) is 0.556. The molecule has 14 heavy (non-hydrogen) atoms. The molecular weight excluding hydrogens is 180 g/mol. The quantitative estimate of drug-likeness (QED) is 0.659. The molecule has 1 aliphatic rings. The van der Waals surface area contributed by atoms with E-state index in [2.05, 4.69) is 15.3 Å². The smallest absolute Gasteiger partial charge is 0.220 e. The Hall–Kier alpha value is -1.20. The molecule has 0 amide bonds. The van der Waals surface area contributed by atoms with Crippen molar-refractivity contribution < 1.29 is 4.74 Å². The molecule has 0 spiro atoms. The Kier molecular flexibility index (Phi) is 2.60. The second-order valence-electron chi connectivity index (χ2n) is 3.37. The molecule has 1 aromatic rings. The molecule has 1 atom stereocenters. The number of hydrogen-bond acceptors (Lipinski definition) is 5. The van der Waals surface area contributed by atoms with Crippen molar-refractivity contribution in [2.24, 2.45) is 0 Å². The molecule has 0 aromatic carbocycles. The first-order chi connectivity index (χ1) is 6.75. The van der Waals surface area contributed by atoms with Crippen molar-refractivity contribution in [3.05, 3.63) is 17.5 Å². The van der Waals surface area contributed by atoms with Gasteiger partial charge in [0.05, 0.1) is 24.9 Å². The number of aromatic nitrogens is 2. The summed E-state index contributed by atoms with van der Waals surface area (Å²) in [5.41, 5.74) is 7.38. The number of nitrogens with two attached hydrogens (primary N) is 1. The van der Waals surface area contributed by atoms with Crippen LogP contribution in [0.3, 0.4) is 0 Å². The number of anilines is 1. The second kappa shape index (κ2) is 3.89. The molecular formula is C9H14N4O. The predicted molar refractivity (Wildman–Crippen MR) is 52.7 cm³/mol. The molecule has 0 bridgehead atoms. The van der Waals surface area contributed by atoms with E-state index in [1.807, 2.05) is 13.0 Å². The largest absolute Gasteiger partial charge is 0.378 e. The van der Waals surface area contributed by atoms with Crippen LogP contribution in [-0.2, 0) is 4.74 Å². The van der Waals surface area contributed by atoms with Crippen LogP contribution in [-0.4, -0.2) is 29.7 Å². The SMILES string of the molecule is Cc1cc(C2COCCN2)nc(N)n1. The van der Waals surface area contributed by atoms with Crippen molar-refractivity contribution in [3.8, 4) is 0 Å². The third-order valence-electron chi connectivity index (χ3n) is 2.17. The summed E-state index contributed by atoms with van der Waals surface area (Å²) < 4.78 is 5.35. The minimum Gasteiger partial charge on any atom is -0.378 e. The number of morpholine rings is 1. The van der Waals surface area contributed by atoms with Gasteiger partial charge in [0.1, 0.15) is 0 Å². The van der Waals surface area contributed by atoms with Gasteiger partial charge >= 0.3 is 0 Å². The lowest BCUT2D eigenvalue weighted by atomic mass is 10.2. The van der Waals surface area contributed by atoms with Crippen molar-refractivity contribution in [2.45, 2.75) is 13.0 Å². The van der Waals surface area contributed by atoms with Crippen LogP contribution in [0.1, 0.15) is 17.4 Å². The third kappa shape index (κ3) is 2.00. The monoisotopic (exact) mass is 194 g/mol. The van der Waals surface area contributed by atoms with Crippen LogP contribution in [0.15, 0.2) is 6.07 Å². The number of hydrogen-bond donors (Lipinski definition) is 2. The van der Waals surface area contributed by atoms with Crippen LogP contribution in [0.5, 0.6) is 0 Å². The van der Waals surface area contributed by atoms with Crippen molar-refractivity contribution in [1.82, 2.24) is 15.3 Å². The van der Waals surface area contributed by atoms with Crippen molar-refractivity contribution in [2.75, 3.05) is 25.5 Å². The maximum atomic E-state index is 5.58. The van der Waals surface area contributed by atoms with Crippen LogP contribution in [0.2, 0.25) is 0 Å². The maximum absolute atomic E-state index is 5.58. The Balaban J connectivity index is 2.21. The summed E-state index contributed by atoms with van der Waals surface area (Å²) in [5.74, 6) is 0.326. The molecule has 1 aromatic heterocycles. The van der Waals surface area contributed by atoms with Crippen LogP contribution in [0.25, 0.3) is 0 Å². The maximum Gasteiger partial charge on any atom is 0.220 e. The highest BCUT2D eigenvalue weighted by molar-refractivity contribution is 5.23. The van der Waals surface area contributed by atoms with E-state index in [1.54, 1.807) is 0 Å². The average molecular weight is 194 g/mol. The summed E-state index contributed by atoms with van der Waals surface area (Å²) in [4.78, 5) is 8.21. The molecule has 2 heterocycles. The molecule has 76 valence electrons. The van der Waals surface area contributed by atoms with Gasteiger partial charge in [-0.15, -0.1) is 0 Å². The molecule has 0 aliphatic carbocycles. The Labute approximate surface area is 82.7 Å². The van der Waals surface area contributed by atoms with Gasteiger partial charge in [0.15, 0.2) is 0 Å². The Morgan fingerprint density at radius 1 is 1.57 bits per heavy atom. The van der Waals surface area contributed by atoms with Gasteiger partial charge in [0.25, 0.3) is 0 Å². The van der Waals surface area contributed by atoms with Crippen LogP contribution in [0.4, 0.5) is 5.95 Å². The Bertz CT molecular complexity index is 302. The number of rotatable bonds is 1. The number of nitrogens with zero attached hydrogens (tertiary/aromatic N) is 2. The zero-order valence-electron chi connectivity index (χ0n) is 8.16. The highest BCUT2D eigenvalue weighted by atomic mass is 16.5. The molecule has 1 aliphatic heterocycles. The van der Waals surface area contributed by atoms with Crippen LogP contribution < -0.4 is 11.1 Å². The van der Waals surface area contributed by atoms with Gasteiger partial charge < -0.3 is 15.8 Å². The summed E-state index contributed by atoms with van der Waals surface area (Å²) in [6.45, 7) is 4.17. The summed E-state index contributed by atoms with van der Waals surface area (Å²) >= 11 is 0. The molecule has 1 unspecified atom stereocenters. The summed E-state index contributed by atoms with van der Waals surface area (Å²) in [6.07, 6.45) is 0. The number of ether oxygens (including phenoxy) is 1. The van der Waals surface area contributed by atoms with Crippen molar-refractivity contribution in [3.63, 3.8) is 0 Å². The number of nitrogens with one attached hydrogen (secondary N) is 1. The molecule has 0 saturated carbocycles. The van der Waals surface area contributed by atoms with E-state index in [0.29, 0.717) is 12.6 Å². The van der Waals surface area contributed by atoms with Gasteiger partial charge in [0, 0.05) is 12.2 Å². The van der Waals surface area contributed by atoms with E-state index in [0.717, 1.165) is 24.5 Å². The van der Waals surface area contributed by atoms with E-state index in [9.17, 15) is 0 Å². The lowest BCUT2D eigenvalue weighted by Gasteiger charge is -2.23. The highest BCUT2D eigenvalue weighted by Gasteiger charge is 2.17. The summed E-state index contributed by atoms with van der Waals surface area (Å²) in [5, 5.41) is 3.32. The fourth-order valence-electron chi connectivity index (χ4n) is 1.55. The van der Waals surface area contributed by atoms with E-state index < -0.39 is 0 Å². The van der Waals surface area contributed by atoms with Gasteiger partial charge in [-0.25, -0.2) is 9.97 Å². The molecule has 5 heteroatoms. The van der Waals surface area contributed by atoms with Gasteiger partial charge in [-0.05, 0) is 13.0 Å². The topological polar surface area (TPSA) is 73.1 Å². The Morgan fingerprint density at radius 3 is 3.07 bits per heavy atom. The minimum atomic E-state index is 0.146. The number of aryl methyl sites for hydroxylation is 1. The number of nitrogen functional groups attached to an aromatic ring is 1. The van der Waals surface area contributed by atoms with E-state index in [1.165, 1.54) is 0 Å².